The first kappa shape index (κ1) is 10.1. The van der Waals surface area contributed by atoms with Crippen molar-refractivity contribution in [3.63, 3.8) is 0 Å². The fraction of sp³-hybridized carbons (Fsp3) is 0. The molecule has 0 radical (unpaired) electrons. The van der Waals surface area contributed by atoms with Gasteiger partial charge in [-0.25, -0.2) is 0 Å². The standard InChI is InChI=1S/C13H8N2O/c14-8-10-3-5-11(6-4-10)13(16)12-2-1-7-15-9-12/h1-7,9H. The number of carbonyl (C=O) groups excluding carboxylic acids is 1. The Kier molecular flexibility index (Phi) is 2.75. The molecule has 0 unspecified atom stereocenters. The van der Waals surface area contributed by atoms with Crippen molar-refractivity contribution < 1.29 is 4.79 Å². The van der Waals surface area contributed by atoms with Crippen LogP contribution in [-0.2, 0) is 0 Å². The fourth-order valence-electron chi connectivity index (χ4n) is 1.36. The Morgan fingerprint density at radius 3 is 2.44 bits per heavy atom. The molecule has 16 heavy (non-hydrogen) atoms. The van der Waals surface area contributed by atoms with Crippen LogP contribution in [-0.4, -0.2) is 10.8 Å². The molecule has 0 bridgehead atoms. The van der Waals surface area contributed by atoms with Gasteiger partial charge in [0.25, 0.3) is 0 Å². The lowest BCUT2D eigenvalue weighted by Gasteiger charge is -1.99. The van der Waals surface area contributed by atoms with E-state index >= 15 is 0 Å². The molecule has 0 saturated carbocycles. The lowest BCUT2D eigenvalue weighted by Crippen LogP contribution is -2.01. The van der Waals surface area contributed by atoms with Crippen molar-refractivity contribution in [3.05, 3.63) is 65.5 Å². The second-order valence-electron chi connectivity index (χ2n) is 3.26. The third-order valence-electron chi connectivity index (χ3n) is 2.20. The summed E-state index contributed by atoms with van der Waals surface area (Å²) in [5.41, 5.74) is 1.65. The Morgan fingerprint density at radius 1 is 1.12 bits per heavy atom. The minimum atomic E-state index is -0.0856. The first-order valence-corrected chi connectivity index (χ1v) is 4.76. The molecule has 0 spiro atoms. The minimum Gasteiger partial charge on any atom is -0.289 e. The summed E-state index contributed by atoms with van der Waals surface area (Å²) in [6.45, 7) is 0. The van der Waals surface area contributed by atoms with E-state index in [0.717, 1.165) is 0 Å². The van der Waals surface area contributed by atoms with Crippen molar-refractivity contribution in [2.24, 2.45) is 0 Å². The van der Waals surface area contributed by atoms with Crippen LogP contribution >= 0.6 is 0 Å². The molecule has 0 fully saturated rings. The van der Waals surface area contributed by atoms with Gasteiger partial charge >= 0.3 is 0 Å². The monoisotopic (exact) mass is 208 g/mol. The van der Waals surface area contributed by atoms with Gasteiger partial charge in [-0.05, 0) is 36.4 Å². The average Bonchev–Trinajstić information content (AvgIpc) is 2.39. The molecule has 3 nitrogen and oxygen atoms in total. The van der Waals surface area contributed by atoms with E-state index in [1.807, 2.05) is 6.07 Å². The number of pyridine rings is 1. The van der Waals surface area contributed by atoms with Gasteiger partial charge in [-0.15, -0.1) is 0 Å². The van der Waals surface area contributed by atoms with E-state index in [-0.39, 0.29) is 5.78 Å². The second-order valence-corrected chi connectivity index (χ2v) is 3.26. The number of aromatic nitrogens is 1. The molecule has 0 N–H and O–H groups in total. The van der Waals surface area contributed by atoms with Crippen LogP contribution in [0.25, 0.3) is 0 Å². The summed E-state index contributed by atoms with van der Waals surface area (Å²) < 4.78 is 0. The van der Waals surface area contributed by atoms with E-state index in [9.17, 15) is 4.79 Å². The molecule has 0 aliphatic carbocycles. The molecule has 3 heteroatoms. The van der Waals surface area contributed by atoms with Crippen LogP contribution in [0.1, 0.15) is 21.5 Å². The third-order valence-corrected chi connectivity index (χ3v) is 2.20. The summed E-state index contributed by atoms with van der Waals surface area (Å²) in [4.78, 5) is 15.8. The average molecular weight is 208 g/mol. The van der Waals surface area contributed by atoms with Gasteiger partial charge in [-0.3, -0.25) is 9.78 Å². The zero-order valence-electron chi connectivity index (χ0n) is 8.42. The number of carbonyl (C=O) groups is 1. The Morgan fingerprint density at radius 2 is 1.88 bits per heavy atom. The van der Waals surface area contributed by atoms with Crippen LogP contribution in [0.2, 0.25) is 0 Å². The highest BCUT2D eigenvalue weighted by Crippen LogP contribution is 2.09. The number of nitriles is 1. The molecule has 2 rings (SSSR count). The van der Waals surface area contributed by atoms with Gasteiger partial charge in [0.05, 0.1) is 11.6 Å². The fourth-order valence-corrected chi connectivity index (χ4v) is 1.36. The van der Waals surface area contributed by atoms with Crippen molar-refractivity contribution in [2.75, 3.05) is 0 Å². The Labute approximate surface area is 93.0 Å². The van der Waals surface area contributed by atoms with E-state index < -0.39 is 0 Å². The van der Waals surface area contributed by atoms with Gasteiger partial charge in [0, 0.05) is 23.5 Å². The van der Waals surface area contributed by atoms with E-state index in [4.69, 9.17) is 5.26 Å². The molecular weight excluding hydrogens is 200 g/mol. The molecule has 0 aliphatic heterocycles. The normalized spacial score (nSPS) is 9.44. The molecule has 0 saturated heterocycles. The summed E-state index contributed by atoms with van der Waals surface area (Å²) in [5, 5.41) is 8.64. The van der Waals surface area contributed by atoms with Crippen LogP contribution in [0, 0.1) is 11.3 Å². The van der Waals surface area contributed by atoms with Gasteiger partial charge in [0.2, 0.25) is 0 Å². The predicted octanol–water partition coefficient (Wildman–Crippen LogP) is 2.18. The SMILES string of the molecule is N#Cc1ccc(C(=O)c2cccnc2)cc1. The summed E-state index contributed by atoms with van der Waals surface area (Å²) in [6.07, 6.45) is 3.15. The second kappa shape index (κ2) is 4.37. The summed E-state index contributed by atoms with van der Waals surface area (Å²) in [6, 6.07) is 12.0. The number of hydrogen-bond donors (Lipinski definition) is 0. The van der Waals surface area contributed by atoms with E-state index in [0.29, 0.717) is 16.7 Å². The Balaban J connectivity index is 2.32. The topological polar surface area (TPSA) is 53.8 Å². The smallest absolute Gasteiger partial charge is 0.194 e. The van der Waals surface area contributed by atoms with Crippen molar-refractivity contribution in [1.29, 1.82) is 5.26 Å². The predicted molar refractivity (Wildman–Crippen MR) is 58.8 cm³/mol. The molecule has 2 aromatic rings. The highest BCUT2D eigenvalue weighted by atomic mass is 16.1. The number of nitrogens with zero attached hydrogens (tertiary/aromatic N) is 2. The molecule has 1 aromatic carbocycles. The lowest BCUT2D eigenvalue weighted by atomic mass is 10.0. The van der Waals surface area contributed by atoms with Crippen LogP contribution in [0.15, 0.2) is 48.8 Å². The maximum absolute atomic E-state index is 11.9. The Bertz CT molecular complexity index is 538. The number of benzene rings is 1. The molecule has 76 valence electrons. The third kappa shape index (κ3) is 1.96. The van der Waals surface area contributed by atoms with Crippen LogP contribution in [0.5, 0.6) is 0 Å². The van der Waals surface area contributed by atoms with Gasteiger partial charge in [0.15, 0.2) is 5.78 Å². The molecular formula is C13H8N2O. The van der Waals surface area contributed by atoms with Gasteiger partial charge in [-0.2, -0.15) is 5.26 Å². The van der Waals surface area contributed by atoms with E-state index in [1.54, 1.807) is 42.6 Å². The molecule has 1 aromatic heterocycles. The van der Waals surface area contributed by atoms with Crippen molar-refractivity contribution in [1.82, 2.24) is 4.98 Å². The first-order chi connectivity index (χ1) is 7.81. The minimum absolute atomic E-state index is 0.0856. The van der Waals surface area contributed by atoms with Crippen LogP contribution < -0.4 is 0 Å². The number of rotatable bonds is 2. The maximum Gasteiger partial charge on any atom is 0.194 e. The lowest BCUT2D eigenvalue weighted by molar-refractivity contribution is 0.103. The largest absolute Gasteiger partial charge is 0.289 e. The van der Waals surface area contributed by atoms with Crippen molar-refractivity contribution in [2.45, 2.75) is 0 Å². The number of hydrogen-bond acceptors (Lipinski definition) is 3. The summed E-state index contributed by atoms with van der Waals surface area (Å²) >= 11 is 0. The Hall–Kier alpha value is -2.47. The van der Waals surface area contributed by atoms with Crippen molar-refractivity contribution >= 4 is 5.78 Å². The van der Waals surface area contributed by atoms with Gasteiger partial charge in [0.1, 0.15) is 0 Å². The van der Waals surface area contributed by atoms with Gasteiger partial charge < -0.3 is 0 Å². The number of ketones is 1. The maximum atomic E-state index is 11.9. The molecule has 0 aliphatic rings. The van der Waals surface area contributed by atoms with Crippen molar-refractivity contribution in [3.8, 4) is 6.07 Å². The van der Waals surface area contributed by atoms with E-state index in [2.05, 4.69) is 4.98 Å². The molecule has 0 amide bonds. The van der Waals surface area contributed by atoms with Crippen LogP contribution in [0.3, 0.4) is 0 Å². The zero-order valence-corrected chi connectivity index (χ0v) is 8.42. The quantitative estimate of drug-likeness (QED) is 0.711. The van der Waals surface area contributed by atoms with Gasteiger partial charge in [-0.1, -0.05) is 0 Å². The highest BCUT2D eigenvalue weighted by molar-refractivity contribution is 6.08. The first-order valence-electron chi connectivity index (χ1n) is 4.76. The molecule has 0 atom stereocenters. The van der Waals surface area contributed by atoms with E-state index in [1.165, 1.54) is 6.20 Å². The summed E-state index contributed by atoms with van der Waals surface area (Å²) in [5.74, 6) is -0.0856. The summed E-state index contributed by atoms with van der Waals surface area (Å²) in [7, 11) is 0. The zero-order chi connectivity index (χ0) is 11.4. The molecule has 1 heterocycles. The van der Waals surface area contributed by atoms with Crippen LogP contribution in [0.4, 0.5) is 0 Å². The highest BCUT2D eigenvalue weighted by Gasteiger charge is 2.08.